The number of rotatable bonds is 3. The van der Waals surface area contributed by atoms with Crippen LogP contribution < -0.4 is 4.90 Å². The summed E-state index contributed by atoms with van der Waals surface area (Å²) in [7, 11) is 0. The number of amides is 3. The van der Waals surface area contributed by atoms with Gasteiger partial charge in [-0.2, -0.15) is 0 Å². The normalized spacial score (nSPS) is 27.8. The largest absolute Gasteiger partial charge is 0.327 e. The fourth-order valence-electron chi connectivity index (χ4n) is 6.04. The summed E-state index contributed by atoms with van der Waals surface area (Å²) in [4.78, 5) is 57.4. The molecule has 0 N–H and O–H groups in total. The molecule has 0 radical (unpaired) electrons. The van der Waals surface area contributed by atoms with Crippen LogP contribution in [0.2, 0.25) is 0 Å². The van der Waals surface area contributed by atoms with E-state index in [1.807, 2.05) is 42.5 Å². The zero-order chi connectivity index (χ0) is 23.4. The second kappa shape index (κ2) is 7.76. The van der Waals surface area contributed by atoms with Crippen molar-refractivity contribution in [3.63, 3.8) is 0 Å². The molecule has 0 spiro atoms. The molecule has 5 atom stereocenters. The molecule has 3 heterocycles. The molecule has 3 aliphatic heterocycles. The Morgan fingerprint density at radius 2 is 1.24 bits per heavy atom. The SMILES string of the molecule is O=C1C[C@@H]2[C@@H]3C(=O)N(c4ccccc4)C(=O)[C@@H]3[C@H]1C(c1ccccc1)N2C(=O)c1ccccc1. The maximum atomic E-state index is 13.8. The molecule has 34 heavy (non-hydrogen) atoms. The van der Waals surface area contributed by atoms with Gasteiger partial charge in [-0.05, 0) is 29.8 Å². The van der Waals surface area contributed by atoms with Crippen LogP contribution in [0.5, 0.6) is 0 Å². The molecule has 4 aliphatic rings. The van der Waals surface area contributed by atoms with Gasteiger partial charge in [0.2, 0.25) is 11.8 Å². The Morgan fingerprint density at radius 3 is 1.88 bits per heavy atom. The van der Waals surface area contributed by atoms with E-state index in [9.17, 15) is 19.2 Å². The highest BCUT2D eigenvalue weighted by atomic mass is 16.2. The molecule has 3 saturated heterocycles. The van der Waals surface area contributed by atoms with Gasteiger partial charge in [0.05, 0.1) is 35.5 Å². The van der Waals surface area contributed by atoms with E-state index in [1.54, 1.807) is 53.4 Å². The van der Waals surface area contributed by atoms with Crippen molar-refractivity contribution in [2.24, 2.45) is 17.8 Å². The van der Waals surface area contributed by atoms with Crippen molar-refractivity contribution in [1.82, 2.24) is 4.90 Å². The first-order valence-corrected chi connectivity index (χ1v) is 11.5. The van der Waals surface area contributed by atoms with E-state index in [0.29, 0.717) is 11.3 Å². The third-order valence-corrected chi connectivity index (χ3v) is 7.39. The molecule has 3 aromatic rings. The molecule has 6 nitrogen and oxygen atoms in total. The lowest BCUT2D eigenvalue weighted by molar-refractivity contribution is -0.153. The van der Waals surface area contributed by atoms with Crippen molar-refractivity contribution in [2.45, 2.75) is 18.5 Å². The Labute approximate surface area is 196 Å². The van der Waals surface area contributed by atoms with Gasteiger partial charge in [0.15, 0.2) is 0 Å². The number of Topliss-reactive ketones (excluding diaryl/α,β-unsaturated/α-hetero) is 1. The Bertz CT molecular complexity index is 1290. The number of imide groups is 1. The van der Waals surface area contributed by atoms with Crippen LogP contribution in [0, 0.1) is 17.8 Å². The van der Waals surface area contributed by atoms with Gasteiger partial charge in [-0.1, -0.05) is 66.7 Å². The van der Waals surface area contributed by atoms with E-state index < -0.39 is 29.8 Å². The molecule has 3 aromatic carbocycles. The topological polar surface area (TPSA) is 74.8 Å². The van der Waals surface area contributed by atoms with Gasteiger partial charge in [-0.25, -0.2) is 4.90 Å². The van der Waals surface area contributed by atoms with Gasteiger partial charge in [0.25, 0.3) is 5.91 Å². The minimum Gasteiger partial charge on any atom is -0.327 e. The first kappa shape index (κ1) is 20.5. The lowest BCUT2D eigenvalue weighted by Gasteiger charge is -2.54. The van der Waals surface area contributed by atoms with Gasteiger partial charge in [-0.3, -0.25) is 19.2 Å². The molecule has 168 valence electrons. The first-order valence-electron chi connectivity index (χ1n) is 11.5. The van der Waals surface area contributed by atoms with Gasteiger partial charge in [-0.15, -0.1) is 0 Å². The standard InChI is InChI=1S/C28H22N2O4/c31-21-16-20-22-24(28(34)29(27(22)33)19-14-8-3-9-15-19)23(21)25(17-10-4-1-5-11-17)30(20)26(32)18-12-6-2-7-13-18/h1-15,20,22-25H,16H2/t20-,22+,23+,24+,25?/m1/s1. The van der Waals surface area contributed by atoms with Gasteiger partial charge >= 0.3 is 0 Å². The summed E-state index contributed by atoms with van der Waals surface area (Å²) in [6.07, 6.45) is 0.0788. The van der Waals surface area contributed by atoms with E-state index >= 15 is 0 Å². The molecule has 0 aromatic heterocycles. The number of anilines is 1. The smallest absolute Gasteiger partial charge is 0.254 e. The van der Waals surface area contributed by atoms with E-state index in [4.69, 9.17) is 0 Å². The van der Waals surface area contributed by atoms with Crippen LogP contribution in [-0.2, 0) is 14.4 Å². The lowest BCUT2D eigenvalue weighted by atomic mass is 9.60. The number of para-hydroxylation sites is 1. The van der Waals surface area contributed by atoms with Crippen molar-refractivity contribution in [2.75, 3.05) is 4.90 Å². The maximum Gasteiger partial charge on any atom is 0.254 e. The predicted molar refractivity (Wildman–Crippen MR) is 125 cm³/mol. The van der Waals surface area contributed by atoms with Crippen molar-refractivity contribution < 1.29 is 19.2 Å². The van der Waals surface area contributed by atoms with Crippen LogP contribution in [0.4, 0.5) is 5.69 Å². The average molecular weight is 450 g/mol. The van der Waals surface area contributed by atoms with Crippen molar-refractivity contribution in [3.8, 4) is 0 Å². The fourth-order valence-corrected chi connectivity index (χ4v) is 6.04. The number of hydrogen-bond acceptors (Lipinski definition) is 4. The van der Waals surface area contributed by atoms with Gasteiger partial charge < -0.3 is 4.90 Å². The van der Waals surface area contributed by atoms with Crippen LogP contribution in [0.15, 0.2) is 91.0 Å². The Morgan fingerprint density at radius 1 is 0.676 bits per heavy atom. The maximum absolute atomic E-state index is 13.8. The highest BCUT2D eigenvalue weighted by Gasteiger charge is 2.67. The molecular weight excluding hydrogens is 428 g/mol. The second-order valence-corrected chi connectivity index (χ2v) is 9.10. The summed E-state index contributed by atoms with van der Waals surface area (Å²) in [5.41, 5.74) is 1.79. The summed E-state index contributed by atoms with van der Waals surface area (Å²) in [5.74, 6) is -3.25. The van der Waals surface area contributed by atoms with Crippen molar-refractivity contribution in [3.05, 3.63) is 102 Å². The van der Waals surface area contributed by atoms with Crippen LogP contribution in [0.1, 0.15) is 28.4 Å². The number of carbonyl (C=O) groups excluding carboxylic acids is 4. The lowest BCUT2D eigenvalue weighted by Crippen LogP contribution is -2.64. The molecule has 1 aliphatic carbocycles. The second-order valence-electron chi connectivity index (χ2n) is 9.10. The summed E-state index contributed by atoms with van der Waals surface area (Å²) in [6.45, 7) is 0. The number of ketones is 1. The predicted octanol–water partition coefficient (Wildman–Crippen LogP) is 3.65. The van der Waals surface area contributed by atoms with E-state index in [0.717, 1.165) is 5.56 Å². The molecule has 2 bridgehead atoms. The minimum absolute atomic E-state index is 0.0618. The third-order valence-electron chi connectivity index (χ3n) is 7.39. The highest BCUT2D eigenvalue weighted by Crippen LogP contribution is 2.55. The summed E-state index contributed by atoms with van der Waals surface area (Å²) in [5, 5.41) is 0. The van der Waals surface area contributed by atoms with Crippen LogP contribution >= 0.6 is 0 Å². The van der Waals surface area contributed by atoms with E-state index in [1.165, 1.54) is 4.90 Å². The van der Waals surface area contributed by atoms with Gasteiger partial charge in [0, 0.05) is 12.0 Å². The number of piperidine rings is 2. The fraction of sp³-hybridized carbons (Fsp3) is 0.214. The summed E-state index contributed by atoms with van der Waals surface area (Å²) < 4.78 is 0. The summed E-state index contributed by atoms with van der Waals surface area (Å²) in [6, 6.07) is 25.8. The van der Waals surface area contributed by atoms with Crippen LogP contribution in [0.25, 0.3) is 0 Å². The highest BCUT2D eigenvalue weighted by molar-refractivity contribution is 6.24. The number of carbonyl (C=O) groups is 4. The Hall–Kier alpha value is -4.06. The minimum atomic E-state index is -0.774. The van der Waals surface area contributed by atoms with Gasteiger partial charge in [0.1, 0.15) is 5.78 Å². The zero-order valence-electron chi connectivity index (χ0n) is 18.3. The van der Waals surface area contributed by atoms with Crippen molar-refractivity contribution >= 4 is 29.2 Å². The molecule has 7 rings (SSSR count). The number of hydrogen-bond donors (Lipinski definition) is 0. The molecule has 3 amide bonds. The first-order chi connectivity index (χ1) is 16.6. The Kier molecular flexibility index (Phi) is 4.69. The molecule has 1 saturated carbocycles. The molecular formula is C28H22N2O4. The monoisotopic (exact) mass is 450 g/mol. The van der Waals surface area contributed by atoms with Crippen LogP contribution in [0.3, 0.4) is 0 Å². The number of benzene rings is 3. The summed E-state index contributed by atoms with van der Waals surface area (Å²) >= 11 is 0. The molecule has 1 unspecified atom stereocenters. The Balaban J connectivity index is 1.51. The van der Waals surface area contributed by atoms with Crippen molar-refractivity contribution in [1.29, 1.82) is 0 Å². The molecule has 6 heteroatoms. The zero-order valence-corrected chi connectivity index (χ0v) is 18.3. The van der Waals surface area contributed by atoms with Crippen LogP contribution in [-0.4, -0.2) is 34.4 Å². The number of fused-ring (bicyclic) bond motifs is 2. The van der Waals surface area contributed by atoms with E-state index in [-0.39, 0.29) is 29.9 Å². The molecule has 4 fully saturated rings. The van der Waals surface area contributed by atoms with E-state index in [2.05, 4.69) is 0 Å². The number of nitrogens with zero attached hydrogens (tertiary/aromatic N) is 2. The average Bonchev–Trinajstić information content (AvgIpc) is 3.15. The quantitative estimate of drug-likeness (QED) is 0.571. The third kappa shape index (κ3) is 2.88.